The van der Waals surface area contributed by atoms with E-state index in [0.717, 1.165) is 0 Å². The molecular weight excluding hydrogens is 358 g/mol. The number of carbonyl (C=O) groups is 5. The van der Waals surface area contributed by atoms with Crippen LogP contribution in [0.2, 0.25) is 0 Å². The molecule has 0 saturated heterocycles. The first-order valence-electron chi connectivity index (χ1n) is 8.58. The summed E-state index contributed by atoms with van der Waals surface area (Å²) in [7, 11) is 0. The zero-order valence-corrected chi connectivity index (χ0v) is 15.9. The third-order valence-corrected chi connectivity index (χ3v) is 4.03. The highest BCUT2D eigenvalue weighted by atomic mass is 16.4. The lowest BCUT2D eigenvalue weighted by Crippen LogP contribution is -2.57. The molecule has 0 fully saturated rings. The van der Waals surface area contributed by atoms with Crippen LogP contribution in [0.15, 0.2) is 0 Å². The molecular formula is C16H29N5O6. The van der Waals surface area contributed by atoms with E-state index < -0.39 is 53.8 Å². The smallest absolute Gasteiger partial charge is 0.325 e. The summed E-state index contributed by atoms with van der Waals surface area (Å²) in [6.45, 7) is 6.22. The molecule has 0 aromatic carbocycles. The SMILES string of the molecule is CCC(C)C(NC(=O)C(C)NC(=O)C(N)CC(N)=O)C(=O)NC(C)C(=O)O. The van der Waals surface area contributed by atoms with Crippen LogP contribution in [-0.2, 0) is 24.0 Å². The molecule has 27 heavy (non-hydrogen) atoms. The lowest BCUT2D eigenvalue weighted by molar-refractivity contribution is -0.142. The van der Waals surface area contributed by atoms with Gasteiger partial charge in [0.1, 0.15) is 18.1 Å². The molecule has 0 aromatic rings. The van der Waals surface area contributed by atoms with Crippen molar-refractivity contribution in [3.8, 4) is 0 Å². The Bertz CT molecular complexity index is 582. The minimum atomic E-state index is -1.21. The number of aliphatic carboxylic acids is 1. The zero-order valence-electron chi connectivity index (χ0n) is 15.9. The van der Waals surface area contributed by atoms with Gasteiger partial charge in [-0.1, -0.05) is 20.3 Å². The highest BCUT2D eigenvalue weighted by Crippen LogP contribution is 2.09. The van der Waals surface area contributed by atoms with Crippen molar-refractivity contribution in [2.24, 2.45) is 17.4 Å². The van der Waals surface area contributed by atoms with E-state index in [-0.39, 0.29) is 12.3 Å². The number of hydrogen-bond donors (Lipinski definition) is 6. The second-order valence-corrected chi connectivity index (χ2v) is 6.45. The highest BCUT2D eigenvalue weighted by Gasteiger charge is 2.30. The summed E-state index contributed by atoms with van der Waals surface area (Å²) in [5, 5.41) is 16.0. The Morgan fingerprint density at radius 3 is 1.85 bits per heavy atom. The Morgan fingerprint density at radius 2 is 1.41 bits per heavy atom. The number of primary amides is 1. The van der Waals surface area contributed by atoms with Crippen molar-refractivity contribution in [1.82, 2.24) is 16.0 Å². The van der Waals surface area contributed by atoms with Crippen molar-refractivity contribution in [2.45, 2.75) is 64.7 Å². The second-order valence-electron chi connectivity index (χ2n) is 6.45. The van der Waals surface area contributed by atoms with E-state index in [2.05, 4.69) is 16.0 Å². The number of hydrogen-bond acceptors (Lipinski definition) is 6. The highest BCUT2D eigenvalue weighted by molar-refractivity contribution is 5.94. The molecule has 5 unspecified atom stereocenters. The van der Waals surface area contributed by atoms with E-state index in [1.807, 2.05) is 6.92 Å². The van der Waals surface area contributed by atoms with Crippen LogP contribution in [0.25, 0.3) is 0 Å². The molecule has 154 valence electrons. The predicted molar refractivity (Wildman–Crippen MR) is 96.0 cm³/mol. The fraction of sp³-hybridized carbons (Fsp3) is 0.688. The maximum atomic E-state index is 12.3. The lowest BCUT2D eigenvalue weighted by atomic mass is 9.97. The van der Waals surface area contributed by atoms with Gasteiger partial charge in [0.05, 0.1) is 12.5 Å². The first-order valence-corrected chi connectivity index (χ1v) is 8.58. The van der Waals surface area contributed by atoms with Crippen LogP contribution in [0.5, 0.6) is 0 Å². The monoisotopic (exact) mass is 387 g/mol. The summed E-state index contributed by atoms with van der Waals surface area (Å²) in [6, 6.07) is -4.33. The third kappa shape index (κ3) is 8.49. The number of carbonyl (C=O) groups excluding carboxylic acids is 4. The van der Waals surface area contributed by atoms with Crippen molar-refractivity contribution in [2.75, 3.05) is 0 Å². The summed E-state index contributed by atoms with van der Waals surface area (Å²) < 4.78 is 0. The van der Waals surface area contributed by atoms with E-state index in [9.17, 15) is 24.0 Å². The van der Waals surface area contributed by atoms with E-state index >= 15 is 0 Å². The van der Waals surface area contributed by atoms with Crippen molar-refractivity contribution in [1.29, 1.82) is 0 Å². The molecule has 11 heteroatoms. The molecule has 4 amide bonds. The molecule has 0 spiro atoms. The van der Waals surface area contributed by atoms with Gasteiger partial charge in [0.2, 0.25) is 23.6 Å². The van der Waals surface area contributed by atoms with Gasteiger partial charge in [-0.3, -0.25) is 24.0 Å². The van der Waals surface area contributed by atoms with Gasteiger partial charge in [-0.05, 0) is 19.8 Å². The number of carboxylic acids is 1. The van der Waals surface area contributed by atoms with Crippen molar-refractivity contribution >= 4 is 29.6 Å². The Balaban J connectivity index is 4.98. The maximum absolute atomic E-state index is 12.3. The molecule has 0 saturated carbocycles. The molecule has 11 nitrogen and oxygen atoms in total. The van der Waals surface area contributed by atoms with Crippen LogP contribution in [0, 0.1) is 5.92 Å². The molecule has 0 aliphatic heterocycles. The number of rotatable bonds is 11. The van der Waals surface area contributed by atoms with Gasteiger partial charge in [0.25, 0.3) is 0 Å². The van der Waals surface area contributed by atoms with Crippen LogP contribution < -0.4 is 27.4 Å². The second kappa shape index (κ2) is 11.1. The lowest BCUT2D eigenvalue weighted by Gasteiger charge is -2.26. The van der Waals surface area contributed by atoms with Crippen molar-refractivity contribution in [3.05, 3.63) is 0 Å². The van der Waals surface area contributed by atoms with Crippen LogP contribution >= 0.6 is 0 Å². The van der Waals surface area contributed by atoms with Crippen LogP contribution in [-0.4, -0.2) is 58.9 Å². The quantitative estimate of drug-likeness (QED) is 0.232. The van der Waals surface area contributed by atoms with E-state index in [1.54, 1.807) is 6.92 Å². The van der Waals surface area contributed by atoms with Gasteiger partial charge in [-0.2, -0.15) is 0 Å². The van der Waals surface area contributed by atoms with Gasteiger partial charge in [0, 0.05) is 0 Å². The fourth-order valence-electron chi connectivity index (χ4n) is 2.04. The van der Waals surface area contributed by atoms with E-state index in [0.29, 0.717) is 6.42 Å². The van der Waals surface area contributed by atoms with Gasteiger partial charge in [-0.15, -0.1) is 0 Å². The molecule has 0 aliphatic rings. The Kier molecular flexibility index (Phi) is 10.0. The largest absolute Gasteiger partial charge is 0.480 e. The summed E-state index contributed by atoms with van der Waals surface area (Å²) in [6.07, 6.45) is 0.176. The molecule has 8 N–H and O–H groups in total. The Labute approximate surface area is 157 Å². The molecule has 0 aliphatic carbocycles. The van der Waals surface area contributed by atoms with Gasteiger partial charge >= 0.3 is 5.97 Å². The van der Waals surface area contributed by atoms with Crippen LogP contribution in [0.1, 0.15) is 40.5 Å². The molecule has 0 aromatic heterocycles. The first-order chi connectivity index (χ1) is 12.4. The summed E-state index contributed by atoms with van der Waals surface area (Å²) in [5.74, 6) is -4.28. The molecule has 0 radical (unpaired) electrons. The summed E-state index contributed by atoms with van der Waals surface area (Å²) in [5.41, 5.74) is 10.5. The average molecular weight is 387 g/mol. The maximum Gasteiger partial charge on any atom is 0.325 e. The van der Waals surface area contributed by atoms with Gasteiger partial charge in [-0.25, -0.2) is 0 Å². The van der Waals surface area contributed by atoms with Crippen molar-refractivity contribution < 1.29 is 29.1 Å². The van der Waals surface area contributed by atoms with Gasteiger partial charge in [0.15, 0.2) is 0 Å². The minimum Gasteiger partial charge on any atom is -0.480 e. The Morgan fingerprint density at radius 1 is 0.889 bits per heavy atom. The minimum absolute atomic E-state index is 0.282. The number of nitrogens with one attached hydrogen (secondary N) is 3. The fourth-order valence-corrected chi connectivity index (χ4v) is 2.04. The summed E-state index contributed by atoms with van der Waals surface area (Å²) in [4.78, 5) is 58.2. The number of carboxylic acid groups (broad SMARTS) is 1. The van der Waals surface area contributed by atoms with Gasteiger partial charge < -0.3 is 32.5 Å². The Hall–Kier alpha value is -2.69. The molecule has 0 heterocycles. The predicted octanol–water partition coefficient (Wildman–Crippen LogP) is -2.19. The average Bonchev–Trinajstić information content (AvgIpc) is 2.57. The van der Waals surface area contributed by atoms with E-state index in [1.165, 1.54) is 13.8 Å². The molecule has 0 rings (SSSR count). The standard InChI is InChI=1S/C16H29N5O6/c1-5-7(2)12(15(25)20-9(4)16(26)27)21-13(23)8(3)19-14(24)10(17)6-11(18)22/h7-10,12H,5-6,17H2,1-4H3,(H2,18,22)(H,19,24)(H,20,25)(H,21,23)(H,26,27). The normalized spacial score (nSPS) is 16.2. The topological polar surface area (TPSA) is 194 Å². The third-order valence-electron chi connectivity index (χ3n) is 4.03. The molecule has 0 bridgehead atoms. The van der Waals surface area contributed by atoms with Crippen molar-refractivity contribution in [3.63, 3.8) is 0 Å². The first kappa shape index (κ1) is 24.3. The van der Waals surface area contributed by atoms with Crippen LogP contribution in [0.3, 0.4) is 0 Å². The zero-order chi connectivity index (χ0) is 21.3. The number of amides is 4. The summed E-state index contributed by atoms with van der Waals surface area (Å²) >= 11 is 0. The van der Waals surface area contributed by atoms with E-state index in [4.69, 9.17) is 16.6 Å². The van der Waals surface area contributed by atoms with Crippen LogP contribution in [0.4, 0.5) is 0 Å². The molecule has 5 atom stereocenters. The number of nitrogens with two attached hydrogens (primary N) is 2.